The summed E-state index contributed by atoms with van der Waals surface area (Å²) < 4.78 is 5.24. The molecule has 3 fully saturated rings. The predicted octanol–water partition coefficient (Wildman–Crippen LogP) is 3.35. The van der Waals surface area contributed by atoms with Crippen molar-refractivity contribution in [3.05, 3.63) is 11.7 Å². The van der Waals surface area contributed by atoms with Crippen LogP contribution >= 0.6 is 0 Å². The summed E-state index contributed by atoms with van der Waals surface area (Å²) in [5, 5.41) is 7.22. The second kappa shape index (κ2) is 6.62. The minimum atomic E-state index is 0.190. The van der Waals surface area contributed by atoms with Gasteiger partial charge in [-0.2, -0.15) is 4.98 Å². The van der Waals surface area contributed by atoms with Crippen LogP contribution in [-0.2, 0) is 11.2 Å². The van der Waals surface area contributed by atoms with Crippen LogP contribution in [0.25, 0.3) is 0 Å². The summed E-state index contributed by atoms with van der Waals surface area (Å²) in [7, 11) is 0. The Bertz CT molecular complexity index is 546. The summed E-state index contributed by atoms with van der Waals surface area (Å²) in [6.07, 6.45) is 12.6. The number of carbonyl (C=O) groups is 1. The zero-order valence-electron chi connectivity index (χ0n) is 13.8. The molecule has 0 saturated heterocycles. The zero-order chi connectivity index (χ0) is 15.6. The lowest BCUT2D eigenvalue weighted by Gasteiger charge is -2.21. The van der Waals surface area contributed by atoms with Crippen molar-refractivity contribution in [2.24, 2.45) is 11.8 Å². The van der Waals surface area contributed by atoms with Gasteiger partial charge in [0.15, 0.2) is 5.82 Å². The summed E-state index contributed by atoms with van der Waals surface area (Å²) in [6.45, 7) is 0. The minimum Gasteiger partial charge on any atom is -0.353 e. The molecular formula is C18H27N3O2. The Balaban J connectivity index is 1.13. The summed E-state index contributed by atoms with van der Waals surface area (Å²) >= 11 is 0. The van der Waals surface area contributed by atoms with Gasteiger partial charge in [-0.3, -0.25) is 4.79 Å². The smallest absolute Gasteiger partial charge is 0.226 e. The summed E-state index contributed by atoms with van der Waals surface area (Å²) in [4.78, 5) is 16.5. The van der Waals surface area contributed by atoms with Crippen LogP contribution in [0.3, 0.4) is 0 Å². The number of rotatable bonds is 7. The third kappa shape index (κ3) is 3.93. The number of nitrogens with one attached hydrogen (secondary N) is 1. The Morgan fingerprint density at radius 2 is 2.00 bits per heavy atom. The molecule has 3 aliphatic carbocycles. The van der Waals surface area contributed by atoms with Crippen LogP contribution in [0, 0.1) is 11.8 Å². The number of amides is 1. The van der Waals surface area contributed by atoms with E-state index in [1.807, 2.05) is 0 Å². The molecule has 3 saturated carbocycles. The fraction of sp³-hybridized carbons (Fsp3) is 0.833. The summed E-state index contributed by atoms with van der Waals surface area (Å²) in [5.41, 5.74) is 0. The number of hydrogen-bond donors (Lipinski definition) is 1. The van der Waals surface area contributed by atoms with Gasteiger partial charge < -0.3 is 9.84 Å². The lowest BCUT2D eigenvalue weighted by atomic mass is 9.85. The van der Waals surface area contributed by atoms with Gasteiger partial charge in [-0.25, -0.2) is 0 Å². The third-order valence-corrected chi connectivity index (χ3v) is 5.66. The van der Waals surface area contributed by atoms with Crippen molar-refractivity contribution in [2.45, 2.75) is 82.6 Å². The quantitative estimate of drug-likeness (QED) is 0.837. The molecule has 0 radical (unpaired) electrons. The van der Waals surface area contributed by atoms with Gasteiger partial charge in [0.25, 0.3) is 0 Å². The molecule has 3 aliphatic rings. The van der Waals surface area contributed by atoms with E-state index in [-0.39, 0.29) is 5.91 Å². The van der Waals surface area contributed by atoms with E-state index >= 15 is 0 Å². The molecule has 4 rings (SSSR count). The first kappa shape index (κ1) is 15.2. The molecule has 0 aromatic carbocycles. The zero-order valence-corrected chi connectivity index (χ0v) is 13.8. The van der Waals surface area contributed by atoms with Crippen molar-refractivity contribution in [1.29, 1.82) is 0 Å². The van der Waals surface area contributed by atoms with Crippen LogP contribution in [0.1, 0.15) is 81.8 Å². The van der Waals surface area contributed by atoms with E-state index in [9.17, 15) is 4.79 Å². The Kier molecular flexibility index (Phi) is 4.36. The fourth-order valence-corrected chi connectivity index (χ4v) is 4.02. The van der Waals surface area contributed by atoms with Crippen molar-refractivity contribution >= 4 is 5.91 Å². The Labute approximate surface area is 137 Å². The number of carbonyl (C=O) groups excluding carboxylic acids is 1. The lowest BCUT2D eigenvalue weighted by molar-refractivity contribution is -0.121. The van der Waals surface area contributed by atoms with E-state index in [1.54, 1.807) is 0 Å². The maximum atomic E-state index is 12.1. The molecule has 2 atom stereocenters. The second-order valence-corrected chi connectivity index (χ2v) is 7.65. The van der Waals surface area contributed by atoms with Gasteiger partial charge >= 0.3 is 0 Å². The Hall–Kier alpha value is -1.39. The van der Waals surface area contributed by atoms with Crippen LogP contribution in [0.5, 0.6) is 0 Å². The van der Waals surface area contributed by atoms with Crippen molar-refractivity contribution < 1.29 is 9.32 Å². The molecule has 126 valence electrons. The van der Waals surface area contributed by atoms with Crippen molar-refractivity contribution in [1.82, 2.24) is 15.5 Å². The first-order valence-electron chi connectivity index (χ1n) is 9.41. The molecule has 0 spiro atoms. The van der Waals surface area contributed by atoms with Crippen molar-refractivity contribution in [2.75, 3.05) is 0 Å². The second-order valence-electron chi connectivity index (χ2n) is 7.65. The van der Waals surface area contributed by atoms with E-state index in [0.717, 1.165) is 24.1 Å². The van der Waals surface area contributed by atoms with Crippen molar-refractivity contribution in [3.8, 4) is 0 Å². The molecule has 1 amide bonds. The standard InChI is InChI=1S/C18H27N3O2/c22-16(19-15-11-14(15)12-5-2-1-3-6-12)7-4-8-17-20-18(21-23-17)13-9-10-13/h12-15H,1-11H2,(H,19,22)/t14-,15-/m1/s1. The maximum Gasteiger partial charge on any atom is 0.226 e. The van der Waals surface area contributed by atoms with Crippen molar-refractivity contribution in [3.63, 3.8) is 0 Å². The van der Waals surface area contributed by atoms with E-state index in [4.69, 9.17) is 4.52 Å². The maximum absolute atomic E-state index is 12.1. The van der Waals surface area contributed by atoms with E-state index < -0.39 is 0 Å². The highest BCUT2D eigenvalue weighted by atomic mass is 16.5. The highest BCUT2D eigenvalue weighted by molar-refractivity contribution is 5.76. The summed E-state index contributed by atoms with van der Waals surface area (Å²) in [5.74, 6) is 3.89. The average Bonchev–Trinajstić information content (AvgIpc) is 3.49. The van der Waals surface area contributed by atoms with E-state index in [1.165, 1.54) is 51.4 Å². The average molecular weight is 317 g/mol. The molecule has 1 aromatic heterocycles. The van der Waals surface area contributed by atoms with Gasteiger partial charge in [0.05, 0.1) is 0 Å². The highest BCUT2D eigenvalue weighted by Crippen LogP contribution is 2.44. The molecule has 1 aromatic rings. The van der Waals surface area contributed by atoms with Gasteiger partial charge in [0.2, 0.25) is 11.8 Å². The van der Waals surface area contributed by atoms with Crippen LogP contribution in [-0.4, -0.2) is 22.1 Å². The summed E-state index contributed by atoms with van der Waals surface area (Å²) in [6, 6.07) is 0.454. The predicted molar refractivity (Wildman–Crippen MR) is 85.8 cm³/mol. The van der Waals surface area contributed by atoms with Crippen LogP contribution in [0.15, 0.2) is 4.52 Å². The topological polar surface area (TPSA) is 68.0 Å². The highest BCUT2D eigenvalue weighted by Gasteiger charge is 2.43. The normalized spacial score (nSPS) is 27.8. The Morgan fingerprint density at radius 3 is 2.78 bits per heavy atom. The van der Waals surface area contributed by atoms with E-state index in [2.05, 4.69) is 15.5 Å². The third-order valence-electron chi connectivity index (χ3n) is 5.66. The number of aryl methyl sites for hydroxylation is 1. The minimum absolute atomic E-state index is 0.190. The number of aromatic nitrogens is 2. The van der Waals surface area contributed by atoms with Gasteiger partial charge in [-0.1, -0.05) is 37.3 Å². The number of hydrogen-bond acceptors (Lipinski definition) is 4. The van der Waals surface area contributed by atoms with Gasteiger partial charge in [0.1, 0.15) is 0 Å². The van der Waals surface area contributed by atoms with Gasteiger partial charge in [0, 0.05) is 24.8 Å². The molecule has 0 aliphatic heterocycles. The monoisotopic (exact) mass is 317 g/mol. The molecule has 5 nitrogen and oxygen atoms in total. The van der Waals surface area contributed by atoms with E-state index in [0.29, 0.717) is 30.7 Å². The molecule has 0 unspecified atom stereocenters. The Morgan fingerprint density at radius 1 is 1.17 bits per heavy atom. The molecular weight excluding hydrogens is 290 g/mol. The van der Waals surface area contributed by atoms with Gasteiger partial charge in [-0.15, -0.1) is 0 Å². The van der Waals surface area contributed by atoms with Crippen LogP contribution in [0.4, 0.5) is 0 Å². The molecule has 23 heavy (non-hydrogen) atoms. The van der Waals surface area contributed by atoms with Crippen LogP contribution < -0.4 is 5.32 Å². The lowest BCUT2D eigenvalue weighted by Crippen LogP contribution is -2.28. The molecule has 5 heteroatoms. The largest absolute Gasteiger partial charge is 0.353 e. The fourth-order valence-electron chi connectivity index (χ4n) is 4.02. The first-order valence-corrected chi connectivity index (χ1v) is 9.41. The molecule has 1 N–H and O–H groups in total. The van der Waals surface area contributed by atoms with Gasteiger partial charge in [-0.05, 0) is 37.5 Å². The SMILES string of the molecule is O=C(CCCc1nc(C2CC2)no1)N[C@@H]1C[C@@H]1C1CCCCC1. The first-order chi connectivity index (χ1) is 11.3. The molecule has 1 heterocycles. The van der Waals surface area contributed by atoms with Crippen LogP contribution in [0.2, 0.25) is 0 Å². The number of nitrogens with zero attached hydrogens (tertiary/aromatic N) is 2. The molecule has 0 bridgehead atoms.